The van der Waals surface area contributed by atoms with Crippen LogP contribution in [-0.4, -0.2) is 24.5 Å². The first kappa shape index (κ1) is 12.7. The van der Waals surface area contributed by atoms with Gasteiger partial charge in [0.05, 0.1) is 0 Å². The van der Waals surface area contributed by atoms with Crippen LogP contribution in [-0.2, 0) is 6.42 Å². The molecule has 1 aromatic carbocycles. The Bertz CT molecular complexity index is 367. The van der Waals surface area contributed by atoms with E-state index in [1.54, 1.807) is 0 Å². The summed E-state index contributed by atoms with van der Waals surface area (Å²) in [6.07, 6.45) is 9.56. The van der Waals surface area contributed by atoms with E-state index >= 15 is 0 Å². The van der Waals surface area contributed by atoms with E-state index < -0.39 is 0 Å². The molecule has 17 heavy (non-hydrogen) atoms. The molecule has 1 fully saturated rings. The molecule has 1 saturated heterocycles. The Labute approximate surface area is 109 Å². The Hall–Kier alpha value is -0.790. The van der Waals surface area contributed by atoms with Crippen LogP contribution in [0.4, 0.5) is 0 Å². The van der Waals surface area contributed by atoms with Crippen molar-refractivity contribution < 1.29 is 0 Å². The molecule has 2 heteroatoms. The maximum Gasteiger partial charge on any atom is 0.0441 e. The lowest BCUT2D eigenvalue weighted by Gasteiger charge is -2.24. The SMILES string of the molecule is Clc1ccccc1C/C=C/CN1CCCCC1. The third-order valence-corrected chi connectivity index (χ3v) is 3.64. The van der Waals surface area contributed by atoms with Crippen LogP contribution in [0, 0.1) is 0 Å². The summed E-state index contributed by atoms with van der Waals surface area (Å²) >= 11 is 6.11. The largest absolute Gasteiger partial charge is 0.300 e. The van der Waals surface area contributed by atoms with E-state index in [9.17, 15) is 0 Å². The third-order valence-electron chi connectivity index (χ3n) is 3.27. The molecule has 0 atom stereocenters. The Morgan fingerprint density at radius 1 is 1.06 bits per heavy atom. The number of likely N-dealkylation sites (tertiary alicyclic amines) is 1. The summed E-state index contributed by atoms with van der Waals surface area (Å²) < 4.78 is 0. The monoisotopic (exact) mass is 249 g/mol. The van der Waals surface area contributed by atoms with Gasteiger partial charge in [-0.3, -0.25) is 4.90 Å². The first-order valence-electron chi connectivity index (χ1n) is 6.47. The number of hydrogen-bond donors (Lipinski definition) is 0. The van der Waals surface area contributed by atoms with Crippen molar-refractivity contribution in [2.24, 2.45) is 0 Å². The van der Waals surface area contributed by atoms with Crippen LogP contribution in [0.5, 0.6) is 0 Å². The minimum atomic E-state index is 0.870. The van der Waals surface area contributed by atoms with E-state index in [1.807, 2.05) is 18.2 Å². The zero-order valence-corrected chi connectivity index (χ0v) is 11.0. The first-order chi connectivity index (χ1) is 8.36. The first-order valence-corrected chi connectivity index (χ1v) is 6.85. The maximum absolute atomic E-state index is 6.11. The van der Waals surface area contributed by atoms with Crippen molar-refractivity contribution in [2.45, 2.75) is 25.7 Å². The zero-order chi connectivity index (χ0) is 11.9. The van der Waals surface area contributed by atoms with Crippen LogP contribution in [0.3, 0.4) is 0 Å². The maximum atomic E-state index is 6.11. The number of rotatable bonds is 4. The molecule has 1 aliphatic rings. The second kappa shape index (κ2) is 6.83. The number of halogens is 1. The molecule has 1 aromatic rings. The minimum Gasteiger partial charge on any atom is -0.300 e. The highest BCUT2D eigenvalue weighted by Crippen LogP contribution is 2.15. The zero-order valence-electron chi connectivity index (χ0n) is 10.2. The van der Waals surface area contributed by atoms with Crippen molar-refractivity contribution in [1.82, 2.24) is 4.90 Å². The van der Waals surface area contributed by atoms with Gasteiger partial charge < -0.3 is 0 Å². The second-order valence-corrected chi connectivity index (χ2v) is 5.04. The summed E-state index contributed by atoms with van der Waals surface area (Å²) in [4.78, 5) is 2.52. The summed E-state index contributed by atoms with van der Waals surface area (Å²) in [5, 5.41) is 0.870. The fraction of sp³-hybridized carbons (Fsp3) is 0.467. The van der Waals surface area contributed by atoms with Gasteiger partial charge in [0, 0.05) is 11.6 Å². The molecular formula is C15H20ClN. The van der Waals surface area contributed by atoms with Crippen molar-refractivity contribution in [3.8, 4) is 0 Å². The van der Waals surface area contributed by atoms with Crippen molar-refractivity contribution in [3.05, 3.63) is 47.0 Å². The second-order valence-electron chi connectivity index (χ2n) is 4.63. The predicted molar refractivity (Wildman–Crippen MR) is 74.6 cm³/mol. The molecule has 1 heterocycles. The summed E-state index contributed by atoms with van der Waals surface area (Å²) in [5.41, 5.74) is 1.21. The average molecular weight is 250 g/mol. The van der Waals surface area contributed by atoms with Gasteiger partial charge in [-0.05, 0) is 44.0 Å². The van der Waals surface area contributed by atoms with Crippen molar-refractivity contribution in [3.63, 3.8) is 0 Å². The van der Waals surface area contributed by atoms with E-state index in [0.717, 1.165) is 18.0 Å². The molecule has 0 N–H and O–H groups in total. The third kappa shape index (κ3) is 4.18. The quantitative estimate of drug-likeness (QED) is 0.731. The van der Waals surface area contributed by atoms with Gasteiger partial charge in [0.15, 0.2) is 0 Å². The highest BCUT2D eigenvalue weighted by atomic mass is 35.5. The van der Waals surface area contributed by atoms with E-state index in [1.165, 1.54) is 37.9 Å². The number of piperidine rings is 1. The van der Waals surface area contributed by atoms with E-state index in [0.29, 0.717) is 0 Å². The Morgan fingerprint density at radius 2 is 1.82 bits per heavy atom. The summed E-state index contributed by atoms with van der Waals surface area (Å²) in [6, 6.07) is 8.06. The summed E-state index contributed by atoms with van der Waals surface area (Å²) in [6.45, 7) is 3.61. The number of hydrogen-bond acceptors (Lipinski definition) is 1. The molecule has 0 radical (unpaired) electrons. The highest BCUT2D eigenvalue weighted by Gasteiger charge is 2.07. The summed E-state index contributed by atoms with van der Waals surface area (Å²) in [5.74, 6) is 0. The standard InChI is InChI=1S/C15H20ClN/c16-15-10-3-2-8-14(15)9-4-7-13-17-11-5-1-6-12-17/h2-4,7-8,10H,1,5-6,9,11-13H2/b7-4+. The molecule has 2 rings (SSSR count). The van der Waals surface area contributed by atoms with Crippen LogP contribution < -0.4 is 0 Å². The van der Waals surface area contributed by atoms with Crippen LogP contribution in [0.15, 0.2) is 36.4 Å². The number of allylic oxidation sites excluding steroid dienone is 1. The van der Waals surface area contributed by atoms with Crippen molar-refractivity contribution in [1.29, 1.82) is 0 Å². The van der Waals surface area contributed by atoms with Crippen LogP contribution >= 0.6 is 11.6 Å². The lowest BCUT2D eigenvalue weighted by molar-refractivity contribution is 0.251. The van der Waals surface area contributed by atoms with Crippen LogP contribution in [0.2, 0.25) is 5.02 Å². The van der Waals surface area contributed by atoms with Gasteiger partial charge in [-0.2, -0.15) is 0 Å². The van der Waals surface area contributed by atoms with Crippen molar-refractivity contribution in [2.75, 3.05) is 19.6 Å². The molecule has 0 saturated carbocycles. The van der Waals surface area contributed by atoms with E-state index in [-0.39, 0.29) is 0 Å². The molecule has 0 amide bonds. The Kier molecular flexibility index (Phi) is 5.08. The topological polar surface area (TPSA) is 3.24 Å². The lowest BCUT2D eigenvalue weighted by Crippen LogP contribution is -2.29. The molecule has 0 unspecified atom stereocenters. The van der Waals surface area contributed by atoms with Crippen LogP contribution in [0.25, 0.3) is 0 Å². The lowest BCUT2D eigenvalue weighted by atomic mass is 10.1. The van der Waals surface area contributed by atoms with E-state index in [2.05, 4.69) is 23.1 Å². The Balaban J connectivity index is 1.76. The van der Waals surface area contributed by atoms with Gasteiger partial charge in [0.25, 0.3) is 0 Å². The van der Waals surface area contributed by atoms with Gasteiger partial charge in [-0.25, -0.2) is 0 Å². The predicted octanol–water partition coefficient (Wildman–Crippen LogP) is 3.92. The molecule has 1 nitrogen and oxygen atoms in total. The Morgan fingerprint density at radius 3 is 2.59 bits per heavy atom. The molecule has 0 bridgehead atoms. The number of benzene rings is 1. The molecule has 1 aliphatic heterocycles. The minimum absolute atomic E-state index is 0.870. The van der Waals surface area contributed by atoms with Gasteiger partial charge >= 0.3 is 0 Å². The molecule has 0 spiro atoms. The normalized spacial score (nSPS) is 17.7. The molecule has 92 valence electrons. The molecule has 0 aromatic heterocycles. The fourth-order valence-electron chi connectivity index (χ4n) is 2.24. The van der Waals surface area contributed by atoms with Gasteiger partial charge in [-0.1, -0.05) is 48.4 Å². The average Bonchev–Trinajstić information content (AvgIpc) is 2.38. The van der Waals surface area contributed by atoms with Crippen molar-refractivity contribution >= 4 is 11.6 Å². The van der Waals surface area contributed by atoms with E-state index in [4.69, 9.17) is 11.6 Å². The fourth-order valence-corrected chi connectivity index (χ4v) is 2.45. The summed E-state index contributed by atoms with van der Waals surface area (Å²) in [7, 11) is 0. The molecule has 0 aliphatic carbocycles. The molecular weight excluding hydrogens is 230 g/mol. The van der Waals surface area contributed by atoms with Gasteiger partial charge in [0.2, 0.25) is 0 Å². The van der Waals surface area contributed by atoms with Gasteiger partial charge in [0.1, 0.15) is 0 Å². The smallest absolute Gasteiger partial charge is 0.0441 e. The van der Waals surface area contributed by atoms with Gasteiger partial charge in [-0.15, -0.1) is 0 Å². The number of nitrogens with zero attached hydrogens (tertiary/aromatic N) is 1. The van der Waals surface area contributed by atoms with Crippen LogP contribution in [0.1, 0.15) is 24.8 Å². The highest BCUT2D eigenvalue weighted by molar-refractivity contribution is 6.31.